The van der Waals surface area contributed by atoms with Crippen LogP contribution >= 0.6 is 0 Å². The normalized spacial score (nSPS) is 10.6. The molecule has 7 N–H and O–H groups in total. The largest absolute Gasteiger partial charge is 0.481 e. The van der Waals surface area contributed by atoms with Gasteiger partial charge < -0.3 is 26.5 Å². The lowest BCUT2D eigenvalue weighted by Crippen LogP contribution is -2.17. The van der Waals surface area contributed by atoms with Crippen molar-refractivity contribution in [1.29, 1.82) is 0 Å². The fraction of sp³-hybridized carbons (Fsp3) is 0.0870. The average molecular weight is 458 g/mol. The van der Waals surface area contributed by atoms with Crippen LogP contribution in [0.4, 0.5) is 17.5 Å². The highest BCUT2D eigenvalue weighted by Crippen LogP contribution is 2.33. The van der Waals surface area contributed by atoms with Crippen molar-refractivity contribution in [1.82, 2.24) is 24.7 Å². The number of aromatic amines is 1. The van der Waals surface area contributed by atoms with Crippen LogP contribution in [0.2, 0.25) is 0 Å². The van der Waals surface area contributed by atoms with Crippen LogP contribution in [0.1, 0.15) is 6.92 Å². The van der Waals surface area contributed by atoms with Gasteiger partial charge in [0.2, 0.25) is 11.9 Å². The standard InChI is InChI=1S/C21H18N8O.C2H4O2/c22-18(30)11-29-6-4-12-1-2-13(8-17(12)29)16-9-15(7-14-10-25-28-20(14)16)26-19-3-5-24-21(23)27-19;1-2(3)4/h1-10H,11H2,(H2,22,30)(H,25,28)(H3,23,24,26,27);1H3,(H,3,4). The van der Waals surface area contributed by atoms with Crippen molar-refractivity contribution in [3.05, 3.63) is 61.1 Å². The van der Waals surface area contributed by atoms with Crippen molar-refractivity contribution < 1.29 is 14.7 Å². The maximum Gasteiger partial charge on any atom is 0.300 e. The summed E-state index contributed by atoms with van der Waals surface area (Å²) in [5.74, 6) is -0.420. The first-order valence-electron chi connectivity index (χ1n) is 10.2. The number of hydrogen-bond donors (Lipinski definition) is 5. The molecule has 11 nitrogen and oxygen atoms in total. The van der Waals surface area contributed by atoms with Gasteiger partial charge in [-0.05, 0) is 41.3 Å². The molecule has 0 aliphatic rings. The van der Waals surface area contributed by atoms with Gasteiger partial charge in [0.1, 0.15) is 12.4 Å². The number of carboxylic acid groups (broad SMARTS) is 1. The van der Waals surface area contributed by atoms with Crippen LogP contribution in [0.5, 0.6) is 0 Å². The Labute approximate surface area is 193 Å². The molecule has 3 heterocycles. The van der Waals surface area contributed by atoms with Crippen LogP contribution in [-0.2, 0) is 16.1 Å². The second-order valence-corrected chi connectivity index (χ2v) is 7.49. The number of anilines is 3. The number of nitrogens with one attached hydrogen (secondary N) is 2. The summed E-state index contributed by atoms with van der Waals surface area (Å²) >= 11 is 0. The van der Waals surface area contributed by atoms with E-state index in [0.29, 0.717) is 5.82 Å². The van der Waals surface area contributed by atoms with E-state index in [1.54, 1.807) is 18.5 Å². The SMILES string of the molecule is CC(=O)O.NC(=O)Cn1ccc2ccc(-c3cc(Nc4ccnc(N)n4)cc4cn[nH]c34)cc21. The van der Waals surface area contributed by atoms with E-state index < -0.39 is 5.97 Å². The molecule has 3 aromatic heterocycles. The van der Waals surface area contributed by atoms with Crippen molar-refractivity contribution in [2.24, 2.45) is 5.73 Å². The van der Waals surface area contributed by atoms with Gasteiger partial charge in [0.25, 0.3) is 5.97 Å². The number of carbonyl (C=O) groups is 2. The summed E-state index contributed by atoms with van der Waals surface area (Å²) in [6.07, 6.45) is 5.23. The predicted octanol–water partition coefficient (Wildman–Crippen LogP) is 2.88. The maximum atomic E-state index is 11.4. The van der Waals surface area contributed by atoms with Crippen LogP contribution < -0.4 is 16.8 Å². The molecule has 0 saturated heterocycles. The van der Waals surface area contributed by atoms with Gasteiger partial charge in [-0.2, -0.15) is 10.1 Å². The predicted molar refractivity (Wildman–Crippen MR) is 129 cm³/mol. The van der Waals surface area contributed by atoms with E-state index in [0.717, 1.165) is 45.5 Å². The average Bonchev–Trinajstić information content (AvgIpc) is 3.39. The number of primary amides is 1. The van der Waals surface area contributed by atoms with Crippen molar-refractivity contribution in [3.63, 3.8) is 0 Å². The molecule has 0 bridgehead atoms. The first-order valence-corrected chi connectivity index (χ1v) is 10.2. The molecule has 0 aliphatic heterocycles. The number of H-pyrrole nitrogens is 1. The van der Waals surface area contributed by atoms with Crippen molar-refractivity contribution in [2.75, 3.05) is 11.1 Å². The third-order valence-electron chi connectivity index (χ3n) is 4.91. The molecule has 0 radical (unpaired) electrons. The van der Waals surface area contributed by atoms with E-state index in [9.17, 15) is 4.79 Å². The highest BCUT2D eigenvalue weighted by molar-refractivity contribution is 5.99. The Morgan fingerprint density at radius 2 is 1.94 bits per heavy atom. The van der Waals surface area contributed by atoms with Crippen LogP contribution in [0, 0.1) is 0 Å². The monoisotopic (exact) mass is 458 g/mol. The van der Waals surface area contributed by atoms with Gasteiger partial charge in [0.05, 0.1) is 11.7 Å². The molecule has 0 fully saturated rings. The summed E-state index contributed by atoms with van der Waals surface area (Å²) < 4.78 is 1.84. The Morgan fingerprint density at radius 3 is 2.68 bits per heavy atom. The highest BCUT2D eigenvalue weighted by Gasteiger charge is 2.12. The summed E-state index contributed by atoms with van der Waals surface area (Å²) in [5, 5.41) is 19.9. The van der Waals surface area contributed by atoms with Gasteiger partial charge in [0.15, 0.2) is 0 Å². The Hall–Kier alpha value is -4.93. The highest BCUT2D eigenvalue weighted by atomic mass is 16.4. The summed E-state index contributed by atoms with van der Waals surface area (Å²) in [7, 11) is 0. The number of aromatic nitrogens is 5. The number of nitrogen functional groups attached to an aromatic ring is 1. The zero-order valence-electron chi connectivity index (χ0n) is 18.2. The number of rotatable bonds is 5. The molecule has 5 aromatic rings. The third kappa shape index (κ3) is 4.93. The number of carbonyl (C=O) groups excluding carboxylic acids is 1. The fourth-order valence-corrected chi connectivity index (χ4v) is 3.61. The fourth-order valence-electron chi connectivity index (χ4n) is 3.61. The number of aliphatic carboxylic acids is 1. The van der Waals surface area contributed by atoms with Gasteiger partial charge in [-0.25, -0.2) is 4.98 Å². The van der Waals surface area contributed by atoms with Gasteiger partial charge in [-0.1, -0.05) is 12.1 Å². The van der Waals surface area contributed by atoms with Crippen molar-refractivity contribution in [3.8, 4) is 11.1 Å². The molecule has 5 rings (SSSR count). The molecule has 2 aromatic carbocycles. The van der Waals surface area contributed by atoms with Crippen LogP contribution in [0.15, 0.2) is 61.1 Å². The lowest BCUT2D eigenvalue weighted by atomic mass is 10.0. The third-order valence-corrected chi connectivity index (χ3v) is 4.91. The second kappa shape index (κ2) is 9.28. The first-order chi connectivity index (χ1) is 16.3. The summed E-state index contributed by atoms with van der Waals surface area (Å²) in [4.78, 5) is 28.5. The van der Waals surface area contributed by atoms with Gasteiger partial charge >= 0.3 is 0 Å². The summed E-state index contributed by atoms with van der Waals surface area (Å²) in [5.41, 5.74) is 15.7. The lowest BCUT2D eigenvalue weighted by Gasteiger charge is -2.11. The molecule has 11 heteroatoms. The minimum Gasteiger partial charge on any atom is -0.481 e. The van der Waals surface area contributed by atoms with Gasteiger partial charge in [-0.15, -0.1) is 0 Å². The van der Waals surface area contributed by atoms with E-state index in [1.165, 1.54) is 0 Å². The molecule has 0 spiro atoms. The Morgan fingerprint density at radius 1 is 1.15 bits per heavy atom. The molecule has 0 unspecified atom stereocenters. The summed E-state index contributed by atoms with van der Waals surface area (Å²) in [6, 6.07) is 13.8. The minimum atomic E-state index is -0.833. The van der Waals surface area contributed by atoms with Crippen LogP contribution in [0.25, 0.3) is 32.9 Å². The zero-order chi connectivity index (χ0) is 24.2. The minimum absolute atomic E-state index is 0.128. The number of hydrogen-bond acceptors (Lipinski definition) is 7. The van der Waals surface area contributed by atoms with Gasteiger partial charge in [0, 0.05) is 41.5 Å². The smallest absolute Gasteiger partial charge is 0.300 e. The molecule has 1 amide bonds. The molecule has 0 aliphatic carbocycles. The van der Waals surface area contributed by atoms with Crippen molar-refractivity contribution >= 4 is 51.1 Å². The number of nitrogens with zero attached hydrogens (tertiary/aromatic N) is 4. The molecule has 172 valence electrons. The van der Waals surface area contributed by atoms with E-state index in [1.807, 2.05) is 47.2 Å². The van der Waals surface area contributed by atoms with Gasteiger partial charge in [-0.3, -0.25) is 14.7 Å². The number of benzene rings is 2. The quantitative estimate of drug-likeness (QED) is 0.267. The molecular weight excluding hydrogens is 436 g/mol. The van der Waals surface area contributed by atoms with E-state index in [4.69, 9.17) is 21.4 Å². The van der Waals surface area contributed by atoms with E-state index >= 15 is 0 Å². The zero-order valence-corrected chi connectivity index (χ0v) is 18.2. The lowest BCUT2D eigenvalue weighted by molar-refractivity contribution is -0.134. The second-order valence-electron chi connectivity index (χ2n) is 7.49. The maximum absolute atomic E-state index is 11.4. The summed E-state index contributed by atoms with van der Waals surface area (Å²) in [6.45, 7) is 1.21. The molecular formula is C23H22N8O3. The molecule has 0 atom stereocenters. The first kappa shape index (κ1) is 22.3. The number of fused-ring (bicyclic) bond motifs is 2. The van der Waals surface area contributed by atoms with Crippen molar-refractivity contribution in [2.45, 2.75) is 13.5 Å². The molecule has 0 saturated carbocycles. The Balaban J connectivity index is 0.000000636. The number of carboxylic acids is 1. The number of nitrogens with two attached hydrogens (primary N) is 2. The number of amides is 1. The van der Waals surface area contributed by atoms with Crippen LogP contribution in [0.3, 0.4) is 0 Å². The van der Waals surface area contributed by atoms with E-state index in [2.05, 4.69) is 25.5 Å². The molecule has 34 heavy (non-hydrogen) atoms. The Kier molecular flexibility index (Phi) is 6.08. The van der Waals surface area contributed by atoms with E-state index in [-0.39, 0.29) is 18.4 Å². The van der Waals surface area contributed by atoms with Crippen LogP contribution in [-0.4, -0.2) is 41.7 Å². The topological polar surface area (TPSA) is 178 Å². The Bertz CT molecular complexity index is 1500.